The highest BCUT2D eigenvalue weighted by Crippen LogP contribution is 2.24. The van der Waals surface area contributed by atoms with Crippen LogP contribution >= 0.6 is 0 Å². The number of piperidine rings is 1. The summed E-state index contributed by atoms with van der Waals surface area (Å²) in [4.78, 5) is 27.9. The average Bonchev–Trinajstić information content (AvgIpc) is 2.81. The van der Waals surface area contributed by atoms with E-state index in [-0.39, 0.29) is 24.4 Å². The lowest BCUT2D eigenvalue weighted by Crippen LogP contribution is -2.60. The van der Waals surface area contributed by atoms with Crippen LogP contribution in [-0.4, -0.2) is 40.7 Å². The topological polar surface area (TPSA) is 53.8 Å². The number of hydrogen-bond acceptors (Lipinski definition) is 3. The molecule has 0 N–H and O–H groups in total. The van der Waals surface area contributed by atoms with E-state index < -0.39 is 0 Å². The lowest BCUT2D eigenvalue weighted by Gasteiger charge is -2.42. The van der Waals surface area contributed by atoms with Crippen LogP contribution in [-0.2, 0) is 16.1 Å². The van der Waals surface area contributed by atoms with Gasteiger partial charge in [-0.05, 0) is 38.3 Å². The first kappa shape index (κ1) is 12.3. The average molecular weight is 262 g/mol. The zero-order valence-corrected chi connectivity index (χ0v) is 11.1. The molecule has 19 heavy (non-hydrogen) atoms. The number of hydrogen-bond donors (Lipinski definition) is 0. The van der Waals surface area contributed by atoms with E-state index >= 15 is 0 Å². The molecule has 1 atom stereocenters. The van der Waals surface area contributed by atoms with Gasteiger partial charge < -0.3 is 14.2 Å². The van der Waals surface area contributed by atoms with Crippen molar-refractivity contribution in [3.63, 3.8) is 0 Å². The number of fused-ring (bicyclic) bond motifs is 1. The number of rotatable bonds is 2. The van der Waals surface area contributed by atoms with E-state index in [1.807, 2.05) is 19.1 Å². The largest absolute Gasteiger partial charge is 0.464 e. The Kier molecular flexibility index (Phi) is 3.05. The van der Waals surface area contributed by atoms with Gasteiger partial charge in [-0.25, -0.2) is 0 Å². The molecule has 0 bridgehead atoms. The maximum absolute atomic E-state index is 12.4. The molecule has 1 unspecified atom stereocenters. The molecular formula is C14H18N2O3. The third-order valence-electron chi connectivity index (χ3n) is 3.89. The van der Waals surface area contributed by atoms with Gasteiger partial charge >= 0.3 is 0 Å². The lowest BCUT2D eigenvalue weighted by molar-refractivity contribution is -0.158. The SMILES string of the molecule is Cc1ccc(CN2CC(=O)N3CCCCC3C2=O)o1. The Morgan fingerprint density at radius 1 is 1.32 bits per heavy atom. The summed E-state index contributed by atoms with van der Waals surface area (Å²) in [6.45, 7) is 3.16. The molecule has 0 spiro atoms. The standard InChI is InChI=1S/C14H18N2O3/c1-10-5-6-11(19-10)8-15-9-13(17)16-7-3-2-4-12(16)14(15)18/h5-6,12H,2-4,7-9H2,1H3. The van der Waals surface area contributed by atoms with Crippen LogP contribution < -0.4 is 0 Å². The fourth-order valence-corrected chi connectivity index (χ4v) is 2.92. The molecule has 0 aliphatic carbocycles. The number of nitrogens with zero attached hydrogens (tertiary/aromatic N) is 2. The van der Waals surface area contributed by atoms with Crippen LogP contribution in [0.4, 0.5) is 0 Å². The summed E-state index contributed by atoms with van der Waals surface area (Å²) >= 11 is 0. The quantitative estimate of drug-likeness (QED) is 0.807. The highest BCUT2D eigenvalue weighted by molar-refractivity contribution is 5.95. The Hall–Kier alpha value is -1.78. The third-order valence-corrected chi connectivity index (χ3v) is 3.89. The van der Waals surface area contributed by atoms with Gasteiger partial charge in [0.15, 0.2) is 0 Å². The molecule has 3 rings (SSSR count). The number of carbonyl (C=O) groups excluding carboxylic acids is 2. The normalized spacial score (nSPS) is 23.7. The molecule has 0 radical (unpaired) electrons. The monoisotopic (exact) mass is 262 g/mol. The first-order valence-electron chi connectivity index (χ1n) is 6.79. The first-order chi connectivity index (χ1) is 9.15. The van der Waals surface area contributed by atoms with E-state index in [4.69, 9.17) is 4.42 Å². The van der Waals surface area contributed by atoms with E-state index in [1.165, 1.54) is 0 Å². The van der Waals surface area contributed by atoms with Gasteiger partial charge in [0, 0.05) is 6.54 Å². The second-order valence-corrected chi connectivity index (χ2v) is 5.31. The van der Waals surface area contributed by atoms with Gasteiger partial charge in [-0.2, -0.15) is 0 Å². The number of carbonyl (C=O) groups is 2. The zero-order chi connectivity index (χ0) is 13.4. The molecule has 102 valence electrons. The maximum atomic E-state index is 12.4. The lowest BCUT2D eigenvalue weighted by atomic mass is 9.98. The molecule has 0 aromatic carbocycles. The van der Waals surface area contributed by atoms with E-state index in [9.17, 15) is 9.59 Å². The Bertz CT molecular complexity index is 509. The summed E-state index contributed by atoms with van der Waals surface area (Å²) in [6, 6.07) is 3.49. The highest BCUT2D eigenvalue weighted by Gasteiger charge is 2.40. The van der Waals surface area contributed by atoms with Gasteiger partial charge in [0.2, 0.25) is 11.8 Å². The van der Waals surface area contributed by atoms with Crippen LogP contribution in [0.3, 0.4) is 0 Å². The molecule has 2 saturated heterocycles. The first-order valence-corrected chi connectivity index (χ1v) is 6.79. The molecule has 2 fully saturated rings. The van der Waals surface area contributed by atoms with E-state index in [1.54, 1.807) is 9.80 Å². The molecule has 2 aliphatic rings. The van der Waals surface area contributed by atoms with Crippen molar-refractivity contribution in [2.45, 2.75) is 38.8 Å². The Morgan fingerprint density at radius 3 is 2.89 bits per heavy atom. The summed E-state index contributed by atoms with van der Waals surface area (Å²) in [6.07, 6.45) is 2.82. The summed E-state index contributed by atoms with van der Waals surface area (Å²) in [5, 5.41) is 0. The molecule has 1 aromatic heterocycles. The Balaban J connectivity index is 1.75. The smallest absolute Gasteiger partial charge is 0.246 e. The number of aryl methyl sites for hydroxylation is 1. The number of amides is 2. The summed E-state index contributed by atoms with van der Waals surface area (Å²) < 4.78 is 5.49. The third kappa shape index (κ3) is 2.25. The zero-order valence-electron chi connectivity index (χ0n) is 11.1. The molecule has 2 aliphatic heterocycles. The second kappa shape index (κ2) is 4.72. The minimum Gasteiger partial charge on any atom is -0.464 e. The van der Waals surface area contributed by atoms with Crippen molar-refractivity contribution in [1.82, 2.24) is 9.80 Å². The van der Waals surface area contributed by atoms with Crippen molar-refractivity contribution in [1.29, 1.82) is 0 Å². The van der Waals surface area contributed by atoms with Crippen molar-refractivity contribution in [3.8, 4) is 0 Å². The van der Waals surface area contributed by atoms with Gasteiger partial charge in [0.25, 0.3) is 0 Å². The molecule has 0 saturated carbocycles. The van der Waals surface area contributed by atoms with Crippen molar-refractivity contribution >= 4 is 11.8 Å². The molecule has 5 nitrogen and oxygen atoms in total. The highest BCUT2D eigenvalue weighted by atomic mass is 16.3. The number of furan rings is 1. The fourth-order valence-electron chi connectivity index (χ4n) is 2.92. The predicted octanol–water partition coefficient (Wildman–Crippen LogP) is 1.31. The Labute approximate surface area is 112 Å². The fraction of sp³-hybridized carbons (Fsp3) is 0.571. The van der Waals surface area contributed by atoms with Gasteiger partial charge in [0.1, 0.15) is 24.1 Å². The van der Waals surface area contributed by atoms with E-state index in [2.05, 4.69) is 0 Å². The van der Waals surface area contributed by atoms with E-state index in [0.29, 0.717) is 6.54 Å². The predicted molar refractivity (Wildman–Crippen MR) is 68.2 cm³/mol. The van der Waals surface area contributed by atoms with Gasteiger partial charge in [-0.3, -0.25) is 9.59 Å². The Morgan fingerprint density at radius 2 is 2.16 bits per heavy atom. The van der Waals surface area contributed by atoms with Crippen molar-refractivity contribution < 1.29 is 14.0 Å². The molecule has 3 heterocycles. The van der Waals surface area contributed by atoms with Crippen LogP contribution in [0.1, 0.15) is 30.8 Å². The molecule has 2 amide bonds. The minimum absolute atomic E-state index is 0.0626. The molecular weight excluding hydrogens is 244 g/mol. The van der Waals surface area contributed by atoms with Crippen LogP contribution in [0.15, 0.2) is 16.5 Å². The van der Waals surface area contributed by atoms with Gasteiger partial charge in [0.05, 0.1) is 6.54 Å². The number of piperazine rings is 1. The second-order valence-electron chi connectivity index (χ2n) is 5.31. The van der Waals surface area contributed by atoms with Crippen LogP contribution in [0.25, 0.3) is 0 Å². The van der Waals surface area contributed by atoms with Crippen molar-refractivity contribution in [2.24, 2.45) is 0 Å². The van der Waals surface area contributed by atoms with E-state index in [0.717, 1.165) is 37.3 Å². The summed E-state index contributed by atoms with van der Waals surface area (Å²) in [7, 11) is 0. The maximum Gasteiger partial charge on any atom is 0.246 e. The van der Waals surface area contributed by atoms with Crippen molar-refractivity contribution in [2.75, 3.05) is 13.1 Å². The van der Waals surface area contributed by atoms with Crippen LogP contribution in [0, 0.1) is 6.92 Å². The van der Waals surface area contributed by atoms with Crippen LogP contribution in [0.2, 0.25) is 0 Å². The van der Waals surface area contributed by atoms with Gasteiger partial charge in [-0.1, -0.05) is 0 Å². The van der Waals surface area contributed by atoms with Crippen LogP contribution in [0.5, 0.6) is 0 Å². The summed E-state index contributed by atoms with van der Waals surface area (Å²) in [5.41, 5.74) is 0. The molecule has 5 heteroatoms. The van der Waals surface area contributed by atoms with Crippen molar-refractivity contribution in [3.05, 3.63) is 23.7 Å². The molecule has 1 aromatic rings. The van der Waals surface area contributed by atoms with Gasteiger partial charge in [-0.15, -0.1) is 0 Å². The minimum atomic E-state index is -0.244. The summed E-state index contributed by atoms with van der Waals surface area (Å²) in [5.74, 6) is 1.69.